The molecule has 66 valence electrons. The van der Waals surface area contributed by atoms with Gasteiger partial charge in [0.25, 0.3) is 0 Å². The van der Waals surface area contributed by atoms with Gasteiger partial charge in [0, 0.05) is 10.2 Å². The van der Waals surface area contributed by atoms with Gasteiger partial charge in [0.2, 0.25) is 0 Å². The highest BCUT2D eigenvalue weighted by Crippen LogP contribution is 2.41. The molecule has 0 bridgehead atoms. The van der Waals surface area contributed by atoms with Gasteiger partial charge < -0.3 is 0 Å². The Morgan fingerprint density at radius 1 is 1.36 bits per heavy atom. The maximum atomic E-state index is 2.45. The molecule has 0 radical (unpaired) electrons. The Kier molecular flexibility index (Phi) is 3.63. The summed E-state index contributed by atoms with van der Waals surface area (Å²) in [5.41, 5.74) is 1.14. The highest BCUT2D eigenvalue weighted by molar-refractivity contribution is 6.12. The zero-order valence-electron chi connectivity index (χ0n) is 8.27. The van der Waals surface area contributed by atoms with E-state index in [-0.39, 0.29) is 0 Å². The van der Waals surface area contributed by atoms with Crippen molar-refractivity contribution in [3.8, 4) is 0 Å². The van der Waals surface area contributed by atoms with Crippen LogP contribution in [0.25, 0.3) is 0 Å². The van der Waals surface area contributed by atoms with Gasteiger partial charge in [-0.3, -0.25) is 0 Å². The minimum Gasteiger partial charge on any atom is -0.0654 e. The van der Waals surface area contributed by atoms with Crippen molar-refractivity contribution in [1.29, 1.82) is 0 Å². The van der Waals surface area contributed by atoms with E-state index in [0.717, 1.165) is 17.4 Å². The molecule has 1 aliphatic carbocycles. The highest BCUT2D eigenvalue weighted by atomic mass is 28.1. The molecule has 0 amide bonds. The van der Waals surface area contributed by atoms with Gasteiger partial charge in [0.15, 0.2) is 0 Å². The lowest BCUT2D eigenvalue weighted by atomic mass is 9.99. The van der Waals surface area contributed by atoms with Crippen LogP contribution in [0.5, 0.6) is 0 Å². The Morgan fingerprint density at radius 3 is 2.55 bits per heavy atom. The maximum absolute atomic E-state index is 2.45. The predicted molar refractivity (Wildman–Crippen MR) is 55.1 cm³/mol. The summed E-state index contributed by atoms with van der Waals surface area (Å²) in [7, 11) is 1.44. The Morgan fingerprint density at radius 2 is 2.09 bits per heavy atom. The summed E-state index contributed by atoms with van der Waals surface area (Å²) < 4.78 is 0. The zero-order chi connectivity index (χ0) is 8.27. The van der Waals surface area contributed by atoms with Gasteiger partial charge in [0.05, 0.1) is 0 Å². The summed E-state index contributed by atoms with van der Waals surface area (Å²) in [6.07, 6.45) is 7.43. The van der Waals surface area contributed by atoms with E-state index in [2.05, 4.69) is 13.8 Å². The first-order valence-electron chi connectivity index (χ1n) is 5.25. The quantitative estimate of drug-likeness (QED) is 0.571. The normalized spacial score (nSPS) is 38.2. The van der Waals surface area contributed by atoms with E-state index in [1.165, 1.54) is 42.3 Å². The van der Waals surface area contributed by atoms with Crippen LogP contribution in [-0.2, 0) is 0 Å². The molecule has 1 heteroatoms. The lowest BCUT2D eigenvalue weighted by molar-refractivity contribution is 0.461. The summed E-state index contributed by atoms with van der Waals surface area (Å²) in [5, 5.41) is 0. The van der Waals surface area contributed by atoms with Crippen LogP contribution in [0.2, 0.25) is 5.54 Å². The van der Waals surface area contributed by atoms with Gasteiger partial charge in [-0.2, -0.15) is 0 Å². The summed E-state index contributed by atoms with van der Waals surface area (Å²) in [6.45, 7) is 4.75. The summed E-state index contributed by atoms with van der Waals surface area (Å²) in [4.78, 5) is 0. The molecule has 0 saturated heterocycles. The van der Waals surface area contributed by atoms with Crippen LogP contribution < -0.4 is 0 Å². The molecular weight excluding hydrogens is 148 g/mol. The molecule has 1 fully saturated rings. The topological polar surface area (TPSA) is 0 Å². The average Bonchev–Trinajstić information content (AvgIpc) is 2.31. The fourth-order valence-electron chi connectivity index (χ4n) is 2.34. The van der Waals surface area contributed by atoms with E-state index >= 15 is 0 Å². The fourth-order valence-corrected chi connectivity index (χ4v) is 3.34. The Labute approximate surface area is 74.2 Å². The van der Waals surface area contributed by atoms with Crippen LogP contribution in [0.1, 0.15) is 46.0 Å². The molecule has 0 aromatic rings. The minimum atomic E-state index is 1.06. The second-order valence-electron chi connectivity index (χ2n) is 4.32. The first-order valence-corrected chi connectivity index (χ1v) is 6.41. The van der Waals surface area contributed by atoms with E-state index < -0.39 is 0 Å². The molecule has 0 N–H and O–H groups in total. The molecule has 0 nitrogen and oxygen atoms in total. The second kappa shape index (κ2) is 4.29. The molecule has 1 aliphatic rings. The van der Waals surface area contributed by atoms with Crippen molar-refractivity contribution in [3.05, 3.63) is 0 Å². The van der Waals surface area contributed by atoms with E-state index in [0.29, 0.717) is 0 Å². The van der Waals surface area contributed by atoms with Crippen LogP contribution in [0.3, 0.4) is 0 Å². The van der Waals surface area contributed by atoms with Gasteiger partial charge in [-0.05, 0) is 17.4 Å². The molecule has 0 spiro atoms. The Hall–Kier alpha value is 0.217. The molecule has 0 aromatic carbocycles. The SMILES string of the molecule is CCCCC1CCC(C)C1[SiH3]. The minimum absolute atomic E-state index is 1.06. The van der Waals surface area contributed by atoms with E-state index in [9.17, 15) is 0 Å². The number of unbranched alkanes of at least 4 members (excludes halogenated alkanes) is 1. The standard InChI is InChI=1S/C10H22Si/c1-3-4-5-9-7-6-8(2)10(9)11/h8-10H,3-7H2,1-2,11H3. The molecule has 0 heterocycles. The van der Waals surface area contributed by atoms with Crippen molar-refractivity contribution < 1.29 is 0 Å². The summed E-state index contributed by atoms with van der Waals surface area (Å²) in [6, 6.07) is 0. The molecule has 0 aliphatic heterocycles. The first-order chi connectivity index (χ1) is 5.25. The summed E-state index contributed by atoms with van der Waals surface area (Å²) >= 11 is 0. The van der Waals surface area contributed by atoms with Gasteiger partial charge in [-0.15, -0.1) is 0 Å². The average molecular weight is 170 g/mol. The molecule has 1 saturated carbocycles. The summed E-state index contributed by atoms with van der Waals surface area (Å²) in [5.74, 6) is 2.18. The van der Waals surface area contributed by atoms with E-state index in [1.54, 1.807) is 0 Å². The van der Waals surface area contributed by atoms with Crippen LogP contribution in [0, 0.1) is 11.8 Å². The zero-order valence-corrected chi connectivity index (χ0v) is 10.3. The fraction of sp³-hybridized carbons (Fsp3) is 1.00. The molecular formula is C10H22Si. The van der Waals surface area contributed by atoms with Crippen LogP contribution in [-0.4, -0.2) is 10.2 Å². The van der Waals surface area contributed by atoms with Gasteiger partial charge in [-0.25, -0.2) is 0 Å². The van der Waals surface area contributed by atoms with Crippen LogP contribution in [0.15, 0.2) is 0 Å². The Bertz CT molecular complexity index is 111. The van der Waals surface area contributed by atoms with Crippen LogP contribution in [0.4, 0.5) is 0 Å². The van der Waals surface area contributed by atoms with Crippen molar-refractivity contribution in [2.75, 3.05) is 0 Å². The third-order valence-electron chi connectivity index (χ3n) is 3.56. The van der Waals surface area contributed by atoms with Gasteiger partial charge >= 0.3 is 0 Å². The van der Waals surface area contributed by atoms with Gasteiger partial charge in [0.1, 0.15) is 0 Å². The highest BCUT2D eigenvalue weighted by Gasteiger charge is 2.28. The van der Waals surface area contributed by atoms with Crippen molar-refractivity contribution in [2.24, 2.45) is 11.8 Å². The second-order valence-corrected chi connectivity index (χ2v) is 5.65. The largest absolute Gasteiger partial charge is 0.0654 e. The number of hydrogen-bond donors (Lipinski definition) is 0. The monoisotopic (exact) mass is 170 g/mol. The van der Waals surface area contributed by atoms with Crippen molar-refractivity contribution in [2.45, 2.75) is 51.5 Å². The molecule has 1 rings (SSSR count). The lowest BCUT2D eigenvalue weighted by Gasteiger charge is -2.17. The molecule has 3 unspecified atom stereocenters. The molecule has 11 heavy (non-hydrogen) atoms. The predicted octanol–water partition coefficient (Wildman–Crippen LogP) is 2.38. The maximum Gasteiger partial charge on any atom is 0.00742 e. The van der Waals surface area contributed by atoms with E-state index in [1.807, 2.05) is 0 Å². The molecule has 3 atom stereocenters. The van der Waals surface area contributed by atoms with Crippen molar-refractivity contribution in [1.82, 2.24) is 0 Å². The van der Waals surface area contributed by atoms with Crippen LogP contribution >= 0.6 is 0 Å². The third-order valence-corrected chi connectivity index (χ3v) is 5.64. The molecule has 0 aromatic heterocycles. The smallest absolute Gasteiger partial charge is 0.00742 e. The van der Waals surface area contributed by atoms with E-state index in [4.69, 9.17) is 0 Å². The lowest BCUT2D eigenvalue weighted by Crippen LogP contribution is -2.06. The third kappa shape index (κ3) is 2.33. The van der Waals surface area contributed by atoms with Crippen molar-refractivity contribution >= 4 is 10.2 Å². The van der Waals surface area contributed by atoms with Gasteiger partial charge in [-0.1, -0.05) is 46.0 Å². The van der Waals surface area contributed by atoms with Crippen molar-refractivity contribution in [3.63, 3.8) is 0 Å². The first kappa shape index (κ1) is 9.31. The Balaban J connectivity index is 2.24. The number of hydrogen-bond acceptors (Lipinski definition) is 0. The number of rotatable bonds is 3.